The van der Waals surface area contributed by atoms with E-state index in [9.17, 15) is 9.18 Å². The van der Waals surface area contributed by atoms with Gasteiger partial charge in [0.1, 0.15) is 22.9 Å². The first-order chi connectivity index (χ1) is 9.19. The van der Waals surface area contributed by atoms with Gasteiger partial charge in [0, 0.05) is 0 Å². The van der Waals surface area contributed by atoms with E-state index < -0.39 is 11.6 Å². The minimum absolute atomic E-state index is 0.0884. The van der Waals surface area contributed by atoms with Crippen LogP contribution in [0.5, 0.6) is 11.5 Å². The van der Waals surface area contributed by atoms with E-state index in [2.05, 4.69) is 0 Å². The maximum Gasteiger partial charge on any atom is 0.203 e. The molecule has 0 bridgehead atoms. The molecule has 2 aromatic carbocycles. The van der Waals surface area contributed by atoms with E-state index in [-0.39, 0.29) is 11.3 Å². The molecule has 0 saturated carbocycles. The summed E-state index contributed by atoms with van der Waals surface area (Å²) in [7, 11) is 2.86. The van der Waals surface area contributed by atoms with Crippen LogP contribution in [0.1, 0.15) is 15.9 Å². The molecule has 3 nitrogen and oxygen atoms in total. The van der Waals surface area contributed by atoms with Crippen LogP contribution in [-0.2, 0) is 0 Å². The highest BCUT2D eigenvalue weighted by Gasteiger charge is 2.21. The minimum atomic E-state index is -0.616. The van der Waals surface area contributed by atoms with Crippen molar-refractivity contribution in [1.29, 1.82) is 0 Å². The molecule has 0 atom stereocenters. The van der Waals surface area contributed by atoms with E-state index >= 15 is 0 Å². The van der Waals surface area contributed by atoms with Gasteiger partial charge in [0.2, 0.25) is 5.78 Å². The molecule has 0 N–H and O–H groups in total. The van der Waals surface area contributed by atoms with E-state index in [1.54, 1.807) is 30.3 Å². The van der Waals surface area contributed by atoms with Crippen LogP contribution in [0.4, 0.5) is 4.39 Å². The molecule has 2 rings (SSSR count). The van der Waals surface area contributed by atoms with Crippen molar-refractivity contribution < 1.29 is 18.7 Å². The SMILES string of the molecule is COc1ccccc1C(=O)c1c(F)cccc1OC. The summed E-state index contributed by atoms with van der Waals surface area (Å²) in [5.74, 6) is -0.476. The fourth-order valence-electron chi connectivity index (χ4n) is 1.86. The van der Waals surface area contributed by atoms with Gasteiger partial charge in [-0.25, -0.2) is 4.39 Å². The molecule has 0 aliphatic carbocycles. The number of ketones is 1. The van der Waals surface area contributed by atoms with Gasteiger partial charge in [-0.1, -0.05) is 18.2 Å². The molecule has 2 aromatic rings. The number of halogens is 1. The van der Waals surface area contributed by atoms with Crippen LogP contribution in [0, 0.1) is 5.82 Å². The van der Waals surface area contributed by atoms with Crippen LogP contribution in [-0.4, -0.2) is 20.0 Å². The van der Waals surface area contributed by atoms with Crippen LogP contribution in [0.3, 0.4) is 0 Å². The molecule has 0 heterocycles. The molecule has 4 heteroatoms. The molecule has 0 radical (unpaired) electrons. The van der Waals surface area contributed by atoms with Gasteiger partial charge in [0.05, 0.1) is 19.8 Å². The average Bonchev–Trinajstić information content (AvgIpc) is 2.46. The Morgan fingerprint density at radius 1 is 0.947 bits per heavy atom. The van der Waals surface area contributed by atoms with Gasteiger partial charge in [0.25, 0.3) is 0 Å². The number of carbonyl (C=O) groups excluding carboxylic acids is 1. The topological polar surface area (TPSA) is 35.5 Å². The number of methoxy groups -OCH3 is 2. The Labute approximate surface area is 110 Å². The number of hydrogen-bond donors (Lipinski definition) is 0. The molecule has 98 valence electrons. The number of ether oxygens (including phenoxy) is 2. The van der Waals surface area contributed by atoms with Gasteiger partial charge in [-0.15, -0.1) is 0 Å². The maximum atomic E-state index is 13.9. The van der Waals surface area contributed by atoms with Crippen molar-refractivity contribution in [3.05, 3.63) is 59.4 Å². The zero-order valence-corrected chi connectivity index (χ0v) is 10.6. The van der Waals surface area contributed by atoms with Crippen LogP contribution in [0.15, 0.2) is 42.5 Å². The number of para-hydroxylation sites is 1. The summed E-state index contributed by atoms with van der Waals surface area (Å²) in [6, 6.07) is 11.0. The number of hydrogen-bond acceptors (Lipinski definition) is 3. The Kier molecular flexibility index (Phi) is 3.80. The lowest BCUT2D eigenvalue weighted by Gasteiger charge is -2.11. The van der Waals surface area contributed by atoms with Gasteiger partial charge < -0.3 is 9.47 Å². The molecule has 0 unspecified atom stereocenters. The second-order valence-corrected chi connectivity index (χ2v) is 3.85. The van der Waals surface area contributed by atoms with Crippen LogP contribution in [0.2, 0.25) is 0 Å². The molecular weight excluding hydrogens is 247 g/mol. The molecule has 0 fully saturated rings. The van der Waals surface area contributed by atoms with E-state index in [1.165, 1.54) is 26.4 Å². The first kappa shape index (κ1) is 13.1. The van der Waals surface area contributed by atoms with Gasteiger partial charge >= 0.3 is 0 Å². The van der Waals surface area contributed by atoms with E-state index in [1.807, 2.05) is 0 Å². The second-order valence-electron chi connectivity index (χ2n) is 3.85. The Hall–Kier alpha value is -2.36. The summed E-state index contributed by atoms with van der Waals surface area (Å²) in [6.45, 7) is 0. The monoisotopic (exact) mass is 260 g/mol. The minimum Gasteiger partial charge on any atom is -0.496 e. The van der Waals surface area contributed by atoms with Gasteiger partial charge in [-0.2, -0.15) is 0 Å². The van der Waals surface area contributed by atoms with Crippen molar-refractivity contribution in [2.75, 3.05) is 14.2 Å². The fraction of sp³-hybridized carbons (Fsp3) is 0.133. The standard InChI is InChI=1S/C15H13FO3/c1-18-12-8-4-3-6-10(12)15(17)14-11(16)7-5-9-13(14)19-2/h3-9H,1-2H3. The predicted octanol–water partition coefficient (Wildman–Crippen LogP) is 3.07. The third kappa shape index (κ3) is 2.42. The van der Waals surface area contributed by atoms with Crippen molar-refractivity contribution in [2.45, 2.75) is 0 Å². The Balaban J connectivity index is 2.56. The summed E-state index contributed by atoms with van der Waals surface area (Å²) in [4.78, 5) is 12.4. The third-order valence-electron chi connectivity index (χ3n) is 2.77. The maximum absolute atomic E-state index is 13.9. The quantitative estimate of drug-likeness (QED) is 0.792. The van der Waals surface area contributed by atoms with Gasteiger partial charge in [-0.3, -0.25) is 4.79 Å². The summed E-state index contributed by atoms with van der Waals surface area (Å²) >= 11 is 0. The lowest BCUT2D eigenvalue weighted by Crippen LogP contribution is -2.08. The second kappa shape index (κ2) is 5.52. The molecule has 0 aromatic heterocycles. The summed E-state index contributed by atoms with van der Waals surface area (Å²) in [5, 5.41) is 0. The molecule has 19 heavy (non-hydrogen) atoms. The average molecular weight is 260 g/mol. The Bertz CT molecular complexity index is 608. The van der Waals surface area contributed by atoms with E-state index in [4.69, 9.17) is 9.47 Å². The summed E-state index contributed by atoms with van der Waals surface area (Å²) in [5.41, 5.74) is 0.211. The van der Waals surface area contributed by atoms with Crippen molar-refractivity contribution in [3.63, 3.8) is 0 Å². The number of rotatable bonds is 4. The van der Waals surface area contributed by atoms with Crippen LogP contribution in [0.25, 0.3) is 0 Å². The first-order valence-corrected chi connectivity index (χ1v) is 5.69. The highest BCUT2D eigenvalue weighted by Crippen LogP contribution is 2.28. The molecule has 0 spiro atoms. The van der Waals surface area contributed by atoms with Crippen LogP contribution < -0.4 is 9.47 Å². The zero-order chi connectivity index (χ0) is 13.8. The van der Waals surface area contributed by atoms with Crippen molar-refractivity contribution in [2.24, 2.45) is 0 Å². The Morgan fingerprint density at radius 3 is 2.26 bits per heavy atom. The van der Waals surface area contributed by atoms with Crippen LogP contribution >= 0.6 is 0 Å². The highest BCUT2D eigenvalue weighted by atomic mass is 19.1. The Morgan fingerprint density at radius 2 is 1.58 bits per heavy atom. The molecular formula is C15H13FO3. The lowest BCUT2D eigenvalue weighted by molar-refractivity contribution is 0.102. The molecule has 0 aliphatic rings. The van der Waals surface area contributed by atoms with Crippen molar-refractivity contribution in [3.8, 4) is 11.5 Å². The zero-order valence-electron chi connectivity index (χ0n) is 10.6. The number of benzene rings is 2. The number of carbonyl (C=O) groups is 1. The smallest absolute Gasteiger partial charge is 0.203 e. The lowest BCUT2D eigenvalue weighted by atomic mass is 10.0. The third-order valence-corrected chi connectivity index (χ3v) is 2.77. The summed E-state index contributed by atoms with van der Waals surface area (Å²) in [6.07, 6.45) is 0. The molecule has 0 aliphatic heterocycles. The largest absolute Gasteiger partial charge is 0.496 e. The normalized spacial score (nSPS) is 10.1. The predicted molar refractivity (Wildman–Crippen MR) is 69.4 cm³/mol. The fourth-order valence-corrected chi connectivity index (χ4v) is 1.86. The van der Waals surface area contributed by atoms with E-state index in [0.29, 0.717) is 11.3 Å². The molecule has 0 amide bonds. The highest BCUT2D eigenvalue weighted by molar-refractivity contribution is 6.12. The van der Waals surface area contributed by atoms with Gasteiger partial charge in [-0.05, 0) is 24.3 Å². The van der Waals surface area contributed by atoms with Crippen molar-refractivity contribution >= 4 is 5.78 Å². The van der Waals surface area contributed by atoms with Crippen molar-refractivity contribution in [1.82, 2.24) is 0 Å². The molecule has 0 saturated heterocycles. The summed E-state index contributed by atoms with van der Waals surface area (Å²) < 4.78 is 24.0. The van der Waals surface area contributed by atoms with E-state index in [0.717, 1.165) is 0 Å². The first-order valence-electron chi connectivity index (χ1n) is 5.69. The van der Waals surface area contributed by atoms with Gasteiger partial charge in [0.15, 0.2) is 0 Å².